The fourth-order valence-electron chi connectivity index (χ4n) is 5.04. The Labute approximate surface area is 166 Å². The maximum Gasteiger partial charge on any atom is 0.297 e. The molecular formula is C21H31N5O2. The molecule has 3 atom stereocenters. The fraction of sp³-hybridized carbons (Fsp3) is 0.667. The third kappa shape index (κ3) is 3.54. The highest BCUT2D eigenvalue weighted by atomic mass is 16.4. The van der Waals surface area contributed by atoms with E-state index >= 15 is 0 Å². The zero-order valence-corrected chi connectivity index (χ0v) is 16.9. The van der Waals surface area contributed by atoms with Gasteiger partial charge < -0.3 is 14.6 Å². The molecule has 0 aliphatic carbocycles. The number of aromatic nitrogens is 3. The van der Waals surface area contributed by atoms with Crippen LogP contribution in [0.5, 0.6) is 0 Å². The summed E-state index contributed by atoms with van der Waals surface area (Å²) < 4.78 is 7.52. The number of fused-ring (bicyclic) bond motifs is 2. The van der Waals surface area contributed by atoms with E-state index in [1.165, 1.54) is 0 Å². The van der Waals surface area contributed by atoms with Crippen LogP contribution in [0.1, 0.15) is 52.4 Å². The van der Waals surface area contributed by atoms with Gasteiger partial charge in [0.1, 0.15) is 6.26 Å². The van der Waals surface area contributed by atoms with Crippen LogP contribution in [0.25, 0.3) is 0 Å². The minimum Gasteiger partial charge on any atom is -0.432 e. The first kappa shape index (κ1) is 19.0. The van der Waals surface area contributed by atoms with Gasteiger partial charge in [0.25, 0.3) is 6.01 Å². The van der Waals surface area contributed by atoms with Crippen molar-refractivity contribution in [2.75, 3.05) is 11.4 Å². The predicted octanol–water partition coefficient (Wildman–Crippen LogP) is 3.24. The van der Waals surface area contributed by atoms with Crippen LogP contribution in [0.3, 0.4) is 0 Å². The van der Waals surface area contributed by atoms with Crippen LogP contribution in [0.15, 0.2) is 35.3 Å². The Morgan fingerprint density at radius 3 is 3.00 bits per heavy atom. The van der Waals surface area contributed by atoms with Gasteiger partial charge >= 0.3 is 0 Å². The lowest BCUT2D eigenvalue weighted by atomic mass is 9.69. The van der Waals surface area contributed by atoms with Crippen LogP contribution in [0, 0.1) is 11.3 Å². The molecule has 28 heavy (non-hydrogen) atoms. The number of anilines is 1. The van der Waals surface area contributed by atoms with E-state index in [0.717, 1.165) is 45.1 Å². The Morgan fingerprint density at radius 2 is 2.29 bits per heavy atom. The molecule has 0 saturated carbocycles. The van der Waals surface area contributed by atoms with Crippen LogP contribution < -0.4 is 10.2 Å². The summed E-state index contributed by atoms with van der Waals surface area (Å²) in [5.74, 6) is 0.788. The molecule has 0 radical (unpaired) electrons. The molecule has 2 saturated heterocycles. The highest BCUT2D eigenvalue weighted by Gasteiger charge is 2.60. The summed E-state index contributed by atoms with van der Waals surface area (Å²) in [6.45, 7) is 5.96. The Balaban J connectivity index is 1.45. The molecular weight excluding hydrogens is 354 g/mol. The summed E-state index contributed by atoms with van der Waals surface area (Å²) in [7, 11) is 0. The zero-order chi connectivity index (χ0) is 19.6. The molecule has 7 nitrogen and oxygen atoms in total. The lowest BCUT2D eigenvalue weighted by molar-refractivity contribution is -0.132. The zero-order valence-electron chi connectivity index (χ0n) is 16.9. The minimum atomic E-state index is -0.340. The van der Waals surface area contributed by atoms with Crippen molar-refractivity contribution in [1.82, 2.24) is 20.1 Å². The number of nitrogens with one attached hydrogen (secondary N) is 1. The molecule has 0 aromatic carbocycles. The molecule has 7 heteroatoms. The summed E-state index contributed by atoms with van der Waals surface area (Å²) in [6, 6.07) is 3.13. The van der Waals surface area contributed by atoms with Crippen LogP contribution in [0.2, 0.25) is 0 Å². The van der Waals surface area contributed by atoms with Gasteiger partial charge in [0, 0.05) is 37.6 Å². The summed E-state index contributed by atoms with van der Waals surface area (Å²) in [5, 5.41) is 7.47. The van der Waals surface area contributed by atoms with Gasteiger partial charge in [0.05, 0.1) is 11.6 Å². The van der Waals surface area contributed by atoms with Gasteiger partial charge in [-0.2, -0.15) is 5.10 Å². The molecule has 1 amide bonds. The Bertz CT molecular complexity index is 758. The standard InChI is InChI=1S/C21H31N5O2/c1-16(2)7-8-21(19(27)22-9-3-12-25-13-4-10-24-25)15-17-5-6-18(21)26(17)20-23-11-14-28-20/h4,10-11,13-14,16-18H,3,5-9,12,15H2,1-2H3,(H,22,27)/t17-,18+,21+/m1/s1. The minimum absolute atomic E-state index is 0.181. The normalized spacial score (nSPS) is 26.3. The second-order valence-electron chi connectivity index (χ2n) is 8.64. The Morgan fingerprint density at radius 1 is 1.39 bits per heavy atom. The average molecular weight is 386 g/mol. The summed E-state index contributed by atoms with van der Waals surface area (Å²) in [6.07, 6.45) is 13.0. The molecule has 0 spiro atoms. The molecule has 1 N–H and O–H groups in total. The molecule has 2 bridgehead atoms. The number of nitrogens with zero attached hydrogens (tertiary/aromatic N) is 4. The number of rotatable bonds is 9. The molecule has 4 rings (SSSR count). The van der Waals surface area contributed by atoms with E-state index in [0.29, 0.717) is 24.5 Å². The lowest BCUT2D eigenvalue weighted by Crippen LogP contribution is -2.49. The number of hydrogen-bond acceptors (Lipinski definition) is 5. The fourth-order valence-corrected chi connectivity index (χ4v) is 5.04. The van der Waals surface area contributed by atoms with Crippen molar-refractivity contribution >= 4 is 11.9 Å². The van der Waals surface area contributed by atoms with Gasteiger partial charge in [0.15, 0.2) is 0 Å². The van der Waals surface area contributed by atoms with E-state index in [4.69, 9.17) is 4.42 Å². The van der Waals surface area contributed by atoms with E-state index in [9.17, 15) is 4.79 Å². The van der Waals surface area contributed by atoms with Gasteiger partial charge in [-0.1, -0.05) is 13.8 Å². The van der Waals surface area contributed by atoms with Crippen molar-refractivity contribution in [2.24, 2.45) is 11.3 Å². The molecule has 2 fully saturated rings. The van der Waals surface area contributed by atoms with E-state index in [1.807, 2.05) is 16.9 Å². The second kappa shape index (κ2) is 7.97. The molecule has 2 aliphatic rings. The lowest BCUT2D eigenvalue weighted by Gasteiger charge is -2.36. The number of hydrogen-bond donors (Lipinski definition) is 1. The second-order valence-corrected chi connectivity index (χ2v) is 8.64. The third-order valence-electron chi connectivity index (χ3n) is 6.41. The molecule has 4 heterocycles. The SMILES string of the molecule is CC(C)CC[C@]1(C(=O)NCCCn2cccn2)C[C@H]2CC[C@@H]1N2c1ncco1. The smallest absolute Gasteiger partial charge is 0.297 e. The van der Waals surface area contributed by atoms with Crippen molar-refractivity contribution < 1.29 is 9.21 Å². The number of carbonyl (C=O) groups is 1. The van der Waals surface area contributed by atoms with Crippen molar-refractivity contribution in [2.45, 2.75) is 71.0 Å². The average Bonchev–Trinajstić information content (AvgIpc) is 3.46. The van der Waals surface area contributed by atoms with Crippen molar-refractivity contribution in [3.63, 3.8) is 0 Å². The molecule has 2 aromatic heterocycles. The van der Waals surface area contributed by atoms with Crippen molar-refractivity contribution in [3.8, 4) is 0 Å². The maximum absolute atomic E-state index is 13.4. The molecule has 0 unspecified atom stereocenters. The first-order valence-electron chi connectivity index (χ1n) is 10.5. The van der Waals surface area contributed by atoms with Crippen LogP contribution in [0.4, 0.5) is 6.01 Å². The summed E-state index contributed by atoms with van der Waals surface area (Å²) in [5.41, 5.74) is -0.340. The quantitative estimate of drug-likeness (QED) is 0.671. The van der Waals surface area contributed by atoms with E-state index < -0.39 is 0 Å². The first-order chi connectivity index (χ1) is 13.6. The highest BCUT2D eigenvalue weighted by Crippen LogP contribution is 2.54. The Kier molecular flexibility index (Phi) is 5.42. The van der Waals surface area contributed by atoms with Gasteiger partial charge in [-0.05, 0) is 50.5 Å². The van der Waals surface area contributed by atoms with Crippen LogP contribution >= 0.6 is 0 Å². The topological polar surface area (TPSA) is 76.2 Å². The third-order valence-corrected chi connectivity index (χ3v) is 6.41. The highest BCUT2D eigenvalue weighted by molar-refractivity contribution is 5.85. The van der Waals surface area contributed by atoms with Crippen molar-refractivity contribution in [1.29, 1.82) is 0 Å². The predicted molar refractivity (Wildman–Crippen MR) is 107 cm³/mol. The molecule has 2 aromatic rings. The maximum atomic E-state index is 13.4. The van der Waals surface area contributed by atoms with Crippen molar-refractivity contribution in [3.05, 3.63) is 30.9 Å². The summed E-state index contributed by atoms with van der Waals surface area (Å²) >= 11 is 0. The molecule has 2 aliphatic heterocycles. The van der Waals surface area contributed by atoms with E-state index in [2.05, 4.69) is 34.1 Å². The number of amides is 1. The van der Waals surface area contributed by atoms with E-state index in [1.54, 1.807) is 18.7 Å². The first-order valence-corrected chi connectivity index (χ1v) is 10.5. The Hall–Kier alpha value is -2.31. The van der Waals surface area contributed by atoms with Crippen LogP contribution in [-0.4, -0.2) is 39.3 Å². The number of aryl methyl sites for hydroxylation is 1. The van der Waals surface area contributed by atoms with Gasteiger partial charge in [-0.25, -0.2) is 4.98 Å². The summed E-state index contributed by atoms with van der Waals surface area (Å²) in [4.78, 5) is 20.1. The number of oxazole rings is 1. The van der Waals surface area contributed by atoms with Crippen LogP contribution in [-0.2, 0) is 11.3 Å². The van der Waals surface area contributed by atoms with Gasteiger partial charge in [0.2, 0.25) is 5.91 Å². The molecule has 152 valence electrons. The largest absolute Gasteiger partial charge is 0.432 e. The van der Waals surface area contributed by atoms with E-state index in [-0.39, 0.29) is 17.4 Å². The monoisotopic (exact) mass is 385 g/mol. The van der Waals surface area contributed by atoms with Gasteiger partial charge in [-0.15, -0.1) is 0 Å². The van der Waals surface area contributed by atoms with Gasteiger partial charge in [-0.3, -0.25) is 9.48 Å². The number of carbonyl (C=O) groups excluding carboxylic acids is 1.